The van der Waals surface area contributed by atoms with Crippen LogP contribution in [0.2, 0.25) is 0 Å². The third-order valence-electron chi connectivity index (χ3n) is 5.12. The summed E-state index contributed by atoms with van der Waals surface area (Å²) in [4.78, 5) is 21.8. The molecule has 1 aromatic carbocycles. The maximum absolute atomic E-state index is 12.8. The highest BCUT2D eigenvalue weighted by Gasteiger charge is 2.27. The normalized spacial score (nSPS) is 16.4. The van der Waals surface area contributed by atoms with Crippen LogP contribution in [0, 0.1) is 6.92 Å². The molecule has 1 saturated heterocycles. The Labute approximate surface area is 154 Å². The van der Waals surface area contributed by atoms with Crippen LogP contribution in [0.3, 0.4) is 0 Å². The molecule has 0 spiro atoms. The molecule has 3 rings (SSSR count). The van der Waals surface area contributed by atoms with Gasteiger partial charge in [-0.15, -0.1) is 11.3 Å². The van der Waals surface area contributed by atoms with Crippen LogP contribution in [-0.4, -0.2) is 52.9 Å². The van der Waals surface area contributed by atoms with Crippen molar-refractivity contribution in [3.8, 4) is 10.6 Å². The summed E-state index contributed by atoms with van der Waals surface area (Å²) in [7, 11) is 1.92. The third-order valence-corrected chi connectivity index (χ3v) is 6.01. The Balaban J connectivity index is 1.66. The average Bonchev–Trinajstić information content (AvgIpc) is 3.11. The van der Waals surface area contributed by atoms with E-state index in [1.807, 2.05) is 17.3 Å². The van der Waals surface area contributed by atoms with Crippen molar-refractivity contribution in [2.24, 2.45) is 0 Å². The zero-order valence-corrected chi connectivity index (χ0v) is 16.3. The smallest absolute Gasteiger partial charge is 0.273 e. The SMILES string of the molecule is Cc1ccc(-c2nc(C(=O)N(C)C3CCN(C(C)C)CC3)cs2)cc1. The number of piperidine rings is 1. The number of rotatable bonds is 4. The number of carbonyl (C=O) groups excluding carboxylic acids is 1. The van der Waals surface area contributed by atoms with Crippen molar-refractivity contribution in [2.45, 2.75) is 45.7 Å². The zero-order valence-electron chi connectivity index (χ0n) is 15.5. The number of likely N-dealkylation sites (tertiary alicyclic amines) is 1. The minimum absolute atomic E-state index is 0.0395. The monoisotopic (exact) mass is 357 g/mol. The molecule has 1 aliphatic rings. The molecule has 1 aliphatic heterocycles. The highest BCUT2D eigenvalue weighted by Crippen LogP contribution is 2.25. The Morgan fingerprint density at radius 1 is 1.24 bits per heavy atom. The molecule has 4 nitrogen and oxygen atoms in total. The molecule has 0 radical (unpaired) electrons. The summed E-state index contributed by atoms with van der Waals surface area (Å²) in [6, 6.07) is 9.17. The fourth-order valence-corrected chi connectivity index (χ4v) is 4.14. The van der Waals surface area contributed by atoms with Crippen LogP contribution < -0.4 is 0 Å². The molecule has 1 aromatic heterocycles. The summed E-state index contributed by atoms with van der Waals surface area (Å²) in [5, 5.41) is 2.79. The van der Waals surface area contributed by atoms with E-state index in [2.05, 4.69) is 54.9 Å². The van der Waals surface area contributed by atoms with Gasteiger partial charge in [-0.3, -0.25) is 4.79 Å². The molecule has 1 fully saturated rings. The van der Waals surface area contributed by atoms with Gasteiger partial charge in [0.1, 0.15) is 10.7 Å². The lowest BCUT2D eigenvalue weighted by Crippen LogP contribution is -2.47. The lowest BCUT2D eigenvalue weighted by Gasteiger charge is -2.38. The number of aryl methyl sites for hydroxylation is 1. The number of aromatic nitrogens is 1. The molecule has 0 N–H and O–H groups in total. The Bertz CT molecular complexity index is 715. The summed E-state index contributed by atoms with van der Waals surface area (Å²) >= 11 is 1.54. The lowest BCUT2D eigenvalue weighted by molar-refractivity contribution is 0.0610. The molecule has 0 unspecified atom stereocenters. The first-order valence-corrected chi connectivity index (χ1v) is 9.87. The van der Waals surface area contributed by atoms with Crippen molar-refractivity contribution in [1.29, 1.82) is 0 Å². The van der Waals surface area contributed by atoms with E-state index in [0.717, 1.165) is 36.5 Å². The number of nitrogens with zero attached hydrogens (tertiary/aromatic N) is 3. The van der Waals surface area contributed by atoms with Gasteiger partial charge >= 0.3 is 0 Å². The second kappa shape index (κ2) is 7.67. The molecule has 0 atom stereocenters. The quantitative estimate of drug-likeness (QED) is 0.828. The predicted molar refractivity (Wildman–Crippen MR) is 104 cm³/mol. The van der Waals surface area contributed by atoms with E-state index >= 15 is 0 Å². The van der Waals surface area contributed by atoms with E-state index in [4.69, 9.17) is 0 Å². The Morgan fingerprint density at radius 3 is 2.48 bits per heavy atom. The van der Waals surface area contributed by atoms with E-state index in [-0.39, 0.29) is 5.91 Å². The van der Waals surface area contributed by atoms with Crippen LogP contribution in [0.4, 0.5) is 0 Å². The Hall–Kier alpha value is -1.72. The molecule has 0 aliphatic carbocycles. The van der Waals surface area contributed by atoms with Gasteiger partial charge in [0, 0.05) is 43.2 Å². The first-order valence-electron chi connectivity index (χ1n) is 8.99. The van der Waals surface area contributed by atoms with E-state index in [1.54, 1.807) is 0 Å². The minimum atomic E-state index is 0.0395. The van der Waals surface area contributed by atoms with Crippen LogP contribution >= 0.6 is 11.3 Å². The van der Waals surface area contributed by atoms with Crippen LogP contribution in [0.25, 0.3) is 10.6 Å². The van der Waals surface area contributed by atoms with Gasteiger partial charge in [0.15, 0.2) is 0 Å². The summed E-state index contributed by atoms with van der Waals surface area (Å²) in [6.07, 6.45) is 2.07. The van der Waals surface area contributed by atoms with Crippen LogP contribution in [0.15, 0.2) is 29.6 Å². The third kappa shape index (κ3) is 4.10. The fourth-order valence-electron chi connectivity index (χ4n) is 3.34. The van der Waals surface area contributed by atoms with Gasteiger partial charge < -0.3 is 9.80 Å². The Morgan fingerprint density at radius 2 is 1.88 bits per heavy atom. The molecular formula is C20H27N3OS. The van der Waals surface area contributed by atoms with E-state index < -0.39 is 0 Å². The largest absolute Gasteiger partial charge is 0.337 e. The number of benzene rings is 1. The number of thiazole rings is 1. The number of amides is 1. The molecule has 2 aromatic rings. The summed E-state index contributed by atoms with van der Waals surface area (Å²) in [6.45, 7) is 8.66. The molecule has 0 saturated carbocycles. The first kappa shape index (κ1) is 18.1. The minimum Gasteiger partial charge on any atom is -0.337 e. The molecule has 2 heterocycles. The maximum Gasteiger partial charge on any atom is 0.273 e. The molecule has 25 heavy (non-hydrogen) atoms. The molecule has 5 heteroatoms. The second-order valence-electron chi connectivity index (χ2n) is 7.18. The van der Waals surface area contributed by atoms with Crippen molar-refractivity contribution < 1.29 is 4.79 Å². The van der Waals surface area contributed by atoms with Crippen molar-refractivity contribution in [2.75, 3.05) is 20.1 Å². The number of hydrogen-bond donors (Lipinski definition) is 0. The summed E-state index contributed by atoms with van der Waals surface area (Å²) in [5.41, 5.74) is 2.86. The summed E-state index contributed by atoms with van der Waals surface area (Å²) in [5.74, 6) is 0.0395. The van der Waals surface area contributed by atoms with Crippen LogP contribution in [0.1, 0.15) is 42.7 Å². The van der Waals surface area contributed by atoms with Gasteiger partial charge in [-0.1, -0.05) is 29.8 Å². The number of carbonyl (C=O) groups is 1. The average molecular weight is 358 g/mol. The van der Waals surface area contributed by atoms with E-state index in [1.165, 1.54) is 16.9 Å². The van der Waals surface area contributed by atoms with Crippen molar-refractivity contribution in [1.82, 2.24) is 14.8 Å². The van der Waals surface area contributed by atoms with Crippen molar-refractivity contribution >= 4 is 17.2 Å². The lowest BCUT2D eigenvalue weighted by atomic mass is 10.0. The Kier molecular flexibility index (Phi) is 5.54. The van der Waals surface area contributed by atoms with Gasteiger partial charge in [0.2, 0.25) is 0 Å². The first-order chi connectivity index (χ1) is 12.0. The van der Waals surface area contributed by atoms with Gasteiger partial charge in [-0.05, 0) is 33.6 Å². The van der Waals surface area contributed by atoms with Crippen LogP contribution in [0.5, 0.6) is 0 Å². The maximum atomic E-state index is 12.8. The van der Waals surface area contributed by atoms with E-state index in [9.17, 15) is 4.79 Å². The van der Waals surface area contributed by atoms with E-state index in [0.29, 0.717) is 17.8 Å². The van der Waals surface area contributed by atoms with Crippen molar-refractivity contribution in [3.63, 3.8) is 0 Å². The molecule has 1 amide bonds. The van der Waals surface area contributed by atoms with Gasteiger partial charge in [-0.2, -0.15) is 0 Å². The molecule has 134 valence electrons. The number of hydrogen-bond acceptors (Lipinski definition) is 4. The van der Waals surface area contributed by atoms with Crippen molar-refractivity contribution in [3.05, 3.63) is 40.9 Å². The van der Waals surface area contributed by atoms with Gasteiger partial charge in [0.25, 0.3) is 5.91 Å². The fraction of sp³-hybridized carbons (Fsp3) is 0.500. The highest BCUT2D eigenvalue weighted by molar-refractivity contribution is 7.13. The molecular weight excluding hydrogens is 330 g/mol. The highest BCUT2D eigenvalue weighted by atomic mass is 32.1. The van der Waals surface area contributed by atoms with Crippen LogP contribution in [-0.2, 0) is 0 Å². The van der Waals surface area contributed by atoms with Gasteiger partial charge in [-0.25, -0.2) is 4.98 Å². The molecule has 0 bridgehead atoms. The zero-order chi connectivity index (χ0) is 18.0. The summed E-state index contributed by atoms with van der Waals surface area (Å²) < 4.78 is 0. The predicted octanol–water partition coefficient (Wildman–Crippen LogP) is 4.06. The van der Waals surface area contributed by atoms with Gasteiger partial charge in [0.05, 0.1) is 0 Å². The standard InChI is InChI=1S/C20H27N3OS/c1-14(2)23-11-9-17(10-12-23)22(4)20(24)18-13-25-19(21-18)16-7-5-15(3)6-8-16/h5-8,13-14,17H,9-12H2,1-4H3. The second-order valence-corrected chi connectivity index (χ2v) is 8.04. The topological polar surface area (TPSA) is 36.4 Å².